The van der Waals surface area contributed by atoms with Crippen LogP contribution in [0.25, 0.3) is 0 Å². The van der Waals surface area contributed by atoms with Gasteiger partial charge in [0.2, 0.25) is 11.8 Å². The SMILES string of the molecule is COC1=CCC2=C[C@@H]1c1cc(ccc1OC)C[C@H]1C(=O)N[C@@H](C2)C(=O)N1C. The first-order valence-corrected chi connectivity index (χ1v) is 9.19. The molecule has 6 nitrogen and oxygen atoms in total. The Morgan fingerprint density at radius 3 is 2.70 bits per heavy atom. The second kappa shape index (κ2) is 6.76. The maximum Gasteiger partial charge on any atom is 0.245 e. The summed E-state index contributed by atoms with van der Waals surface area (Å²) in [5.41, 5.74) is 3.12. The van der Waals surface area contributed by atoms with Crippen LogP contribution < -0.4 is 10.1 Å². The number of nitrogens with zero attached hydrogens (tertiary/aromatic N) is 1. The molecule has 1 fully saturated rings. The fraction of sp³-hybridized carbons (Fsp3) is 0.429. The van der Waals surface area contributed by atoms with Gasteiger partial charge >= 0.3 is 0 Å². The van der Waals surface area contributed by atoms with Gasteiger partial charge in [0, 0.05) is 19.0 Å². The average Bonchev–Trinajstić information content (AvgIpc) is 2.68. The van der Waals surface area contributed by atoms with Crippen molar-refractivity contribution >= 4 is 11.8 Å². The van der Waals surface area contributed by atoms with E-state index in [4.69, 9.17) is 9.47 Å². The smallest absolute Gasteiger partial charge is 0.245 e. The number of hydrogen-bond donors (Lipinski definition) is 1. The van der Waals surface area contributed by atoms with Crippen LogP contribution in [0.5, 0.6) is 5.75 Å². The topological polar surface area (TPSA) is 67.9 Å². The van der Waals surface area contributed by atoms with Gasteiger partial charge in [0.15, 0.2) is 0 Å². The van der Waals surface area contributed by atoms with E-state index in [2.05, 4.69) is 23.5 Å². The molecule has 4 aliphatic rings. The Labute approximate surface area is 158 Å². The molecular weight excluding hydrogens is 344 g/mol. The number of allylic oxidation sites excluding steroid dienone is 2. The maximum absolute atomic E-state index is 12.8. The second-order valence-corrected chi connectivity index (χ2v) is 7.33. The molecule has 27 heavy (non-hydrogen) atoms. The van der Waals surface area contributed by atoms with Crippen molar-refractivity contribution in [2.75, 3.05) is 21.3 Å². The first kappa shape index (κ1) is 17.6. The standard InChI is InChI=1S/C21H24N2O4/c1-23-17-11-13-5-7-19(27-3)15(9-13)14-8-12(4-6-18(14)26-2)10-16(21(23)25)22-20(17)24/h5-9,14,16-17H,4,10-11H2,1-3H3,(H,22,24)/t14-,16+,17+/m1/s1. The molecule has 1 aromatic rings. The number of rotatable bonds is 2. The van der Waals surface area contributed by atoms with E-state index >= 15 is 0 Å². The monoisotopic (exact) mass is 368 g/mol. The number of ether oxygens (including phenoxy) is 2. The lowest BCUT2D eigenvalue weighted by molar-refractivity contribution is -0.147. The molecule has 1 aliphatic carbocycles. The lowest BCUT2D eigenvalue weighted by atomic mass is 9.84. The summed E-state index contributed by atoms with van der Waals surface area (Å²) < 4.78 is 11.2. The molecule has 0 unspecified atom stereocenters. The molecule has 0 radical (unpaired) electrons. The molecule has 3 heterocycles. The number of carbonyl (C=O) groups is 2. The van der Waals surface area contributed by atoms with Crippen LogP contribution >= 0.6 is 0 Å². The van der Waals surface area contributed by atoms with Crippen LogP contribution in [0.2, 0.25) is 0 Å². The molecule has 0 saturated carbocycles. The number of fused-ring (bicyclic) bond motifs is 2. The average molecular weight is 368 g/mol. The Bertz CT molecular complexity index is 858. The Morgan fingerprint density at radius 2 is 1.96 bits per heavy atom. The molecule has 142 valence electrons. The van der Waals surface area contributed by atoms with Gasteiger partial charge < -0.3 is 19.7 Å². The summed E-state index contributed by atoms with van der Waals surface area (Å²) in [6.45, 7) is 0. The van der Waals surface area contributed by atoms with Crippen molar-refractivity contribution in [2.24, 2.45) is 0 Å². The number of nitrogens with one attached hydrogen (secondary N) is 1. The van der Waals surface area contributed by atoms with E-state index in [-0.39, 0.29) is 17.7 Å². The molecule has 0 spiro atoms. The highest BCUT2D eigenvalue weighted by Crippen LogP contribution is 2.39. The Balaban J connectivity index is 1.87. The summed E-state index contributed by atoms with van der Waals surface area (Å²) in [7, 11) is 5.06. The lowest BCUT2D eigenvalue weighted by Crippen LogP contribution is -2.62. The minimum Gasteiger partial charge on any atom is -0.500 e. The third kappa shape index (κ3) is 2.99. The third-order valence-corrected chi connectivity index (χ3v) is 5.77. The van der Waals surface area contributed by atoms with Gasteiger partial charge in [0.1, 0.15) is 23.6 Å². The first-order chi connectivity index (χ1) is 13.0. The molecule has 3 atom stereocenters. The highest BCUT2D eigenvalue weighted by molar-refractivity contribution is 5.97. The molecule has 0 aromatic heterocycles. The van der Waals surface area contributed by atoms with E-state index in [0.717, 1.165) is 28.2 Å². The van der Waals surface area contributed by atoms with E-state index in [1.165, 1.54) is 0 Å². The molecule has 5 rings (SSSR count). The summed E-state index contributed by atoms with van der Waals surface area (Å²) in [6, 6.07) is 4.94. The fourth-order valence-electron chi connectivity index (χ4n) is 4.26. The number of hydrogen-bond acceptors (Lipinski definition) is 4. The predicted molar refractivity (Wildman–Crippen MR) is 100 cm³/mol. The summed E-state index contributed by atoms with van der Waals surface area (Å²) >= 11 is 0. The fourth-order valence-corrected chi connectivity index (χ4v) is 4.26. The van der Waals surface area contributed by atoms with Crippen molar-refractivity contribution in [1.82, 2.24) is 10.2 Å². The van der Waals surface area contributed by atoms with Crippen LogP contribution in [0.4, 0.5) is 0 Å². The number of piperazine rings is 1. The minimum atomic E-state index is -0.511. The van der Waals surface area contributed by atoms with Crippen molar-refractivity contribution < 1.29 is 19.1 Å². The number of benzene rings is 1. The van der Waals surface area contributed by atoms with E-state index in [1.54, 1.807) is 26.2 Å². The zero-order chi connectivity index (χ0) is 19.1. The number of amides is 2. The van der Waals surface area contributed by atoms with E-state index in [9.17, 15) is 9.59 Å². The van der Waals surface area contributed by atoms with Gasteiger partial charge in [0.05, 0.1) is 20.1 Å². The van der Waals surface area contributed by atoms with E-state index in [0.29, 0.717) is 19.3 Å². The van der Waals surface area contributed by atoms with Crippen molar-refractivity contribution in [1.29, 1.82) is 0 Å². The number of methoxy groups -OCH3 is 2. The second-order valence-electron chi connectivity index (χ2n) is 7.33. The summed E-state index contributed by atoms with van der Waals surface area (Å²) in [5, 5.41) is 2.93. The number of likely N-dealkylation sites (N-methyl/N-ethyl adjacent to an activating group) is 1. The van der Waals surface area contributed by atoms with Crippen LogP contribution in [0, 0.1) is 0 Å². The first-order valence-electron chi connectivity index (χ1n) is 9.19. The summed E-state index contributed by atoms with van der Waals surface area (Å²) in [5.74, 6) is 1.48. The molecule has 3 aliphatic heterocycles. The predicted octanol–water partition coefficient (Wildman–Crippen LogP) is 1.91. The summed E-state index contributed by atoms with van der Waals surface area (Å²) in [4.78, 5) is 27.0. The van der Waals surface area contributed by atoms with Crippen LogP contribution in [0.1, 0.15) is 29.9 Å². The van der Waals surface area contributed by atoms with Crippen LogP contribution in [-0.4, -0.2) is 50.1 Å². The van der Waals surface area contributed by atoms with Gasteiger partial charge in [0.25, 0.3) is 0 Å². The normalized spacial score (nSPS) is 27.1. The lowest BCUT2D eigenvalue weighted by Gasteiger charge is -2.38. The van der Waals surface area contributed by atoms with Crippen molar-refractivity contribution in [3.8, 4) is 5.75 Å². The maximum atomic E-state index is 12.8. The number of carbonyl (C=O) groups excluding carboxylic acids is 2. The molecule has 6 heteroatoms. The highest BCUT2D eigenvalue weighted by Gasteiger charge is 2.39. The third-order valence-electron chi connectivity index (χ3n) is 5.77. The summed E-state index contributed by atoms with van der Waals surface area (Å²) in [6.07, 6.45) is 5.88. The molecule has 1 saturated heterocycles. The van der Waals surface area contributed by atoms with Gasteiger partial charge in [-0.2, -0.15) is 0 Å². The largest absolute Gasteiger partial charge is 0.500 e. The van der Waals surface area contributed by atoms with Gasteiger partial charge in [-0.25, -0.2) is 0 Å². The van der Waals surface area contributed by atoms with Crippen LogP contribution in [-0.2, 0) is 20.7 Å². The molecule has 1 N–H and O–H groups in total. The molecular formula is C21H24N2O4. The van der Waals surface area contributed by atoms with Gasteiger partial charge in [-0.3, -0.25) is 9.59 Å². The minimum absolute atomic E-state index is 0.0344. The van der Waals surface area contributed by atoms with Crippen molar-refractivity contribution in [2.45, 2.75) is 37.3 Å². The Morgan fingerprint density at radius 1 is 1.15 bits per heavy atom. The highest BCUT2D eigenvalue weighted by atomic mass is 16.5. The zero-order valence-electron chi connectivity index (χ0n) is 15.8. The van der Waals surface area contributed by atoms with Crippen LogP contribution in [0.3, 0.4) is 0 Å². The zero-order valence-corrected chi connectivity index (χ0v) is 15.8. The van der Waals surface area contributed by atoms with E-state index in [1.807, 2.05) is 12.1 Å². The van der Waals surface area contributed by atoms with Gasteiger partial charge in [-0.15, -0.1) is 0 Å². The Kier molecular flexibility index (Phi) is 4.42. The molecule has 2 amide bonds. The van der Waals surface area contributed by atoms with Crippen molar-refractivity contribution in [3.63, 3.8) is 0 Å². The van der Waals surface area contributed by atoms with E-state index < -0.39 is 12.1 Å². The quantitative estimate of drug-likeness (QED) is 0.810. The van der Waals surface area contributed by atoms with Gasteiger partial charge in [-0.05, 0) is 30.5 Å². The van der Waals surface area contributed by atoms with Crippen LogP contribution in [0.15, 0.2) is 41.7 Å². The van der Waals surface area contributed by atoms with Gasteiger partial charge in [-0.1, -0.05) is 23.8 Å². The van der Waals surface area contributed by atoms with Crippen molar-refractivity contribution in [3.05, 3.63) is 52.8 Å². The molecule has 1 aromatic carbocycles. The Hall–Kier alpha value is -2.76. The molecule has 6 bridgehead atoms.